The second-order valence-corrected chi connectivity index (χ2v) is 25.0. The van der Waals surface area contributed by atoms with E-state index in [4.69, 9.17) is 20.4 Å². The molecule has 530 valence electrons. The molecule has 0 saturated carbocycles. The molecule has 4 N–H and O–H groups in total. The van der Waals surface area contributed by atoms with Crippen molar-refractivity contribution in [3.63, 3.8) is 0 Å². The molecule has 0 bridgehead atoms. The SMILES string of the molecule is CCCCCCCC/C=C\CCCCCCCC(=O)[O-].CCCCCCCC/C=C\CCCCCCCC(=O)[O-].CCCCCCCC/C=C\CCCCCCCC(=O)[O-].CCCCCCCC/C=C\CCCCCCCC(=O)[O-].OCC(CO)(CO)CO.[Mo+4]. The average Bonchev–Trinajstić information content (AvgIpc) is 3.34. The molecule has 12 nitrogen and oxygen atoms in total. The molecule has 0 atom stereocenters. The summed E-state index contributed by atoms with van der Waals surface area (Å²) in [7, 11) is 0. The van der Waals surface area contributed by atoms with Gasteiger partial charge in [0.05, 0.1) is 31.8 Å². The zero-order valence-corrected chi connectivity index (χ0v) is 61.0. The Balaban J connectivity index is -0.000000249. The summed E-state index contributed by atoms with van der Waals surface area (Å²) in [5, 5.41) is 74.8. The molecule has 90 heavy (non-hydrogen) atoms. The predicted molar refractivity (Wildman–Crippen MR) is 369 cm³/mol. The normalized spacial score (nSPS) is 11.2. The minimum atomic E-state index is -1.11. The van der Waals surface area contributed by atoms with Crippen LogP contribution in [0, 0.1) is 5.41 Å². The van der Waals surface area contributed by atoms with Crippen LogP contribution in [0.2, 0.25) is 0 Å². The number of allylic oxidation sites excluding steroid dienone is 8. The zero-order valence-electron chi connectivity index (χ0n) is 59.0. The van der Waals surface area contributed by atoms with Gasteiger partial charge >= 0.3 is 21.1 Å². The molecule has 13 heteroatoms. The van der Waals surface area contributed by atoms with E-state index in [2.05, 4.69) is 76.3 Å². The maximum absolute atomic E-state index is 10.2. The molecule has 0 aromatic heterocycles. The van der Waals surface area contributed by atoms with E-state index < -0.39 is 55.7 Å². The molecule has 0 fully saturated rings. The third-order valence-electron chi connectivity index (χ3n) is 15.9. The largest absolute Gasteiger partial charge is 4.00 e. The molecule has 0 aromatic rings. The quantitative estimate of drug-likeness (QED) is 0.0253. The predicted octanol–water partition coefficient (Wildman–Crippen LogP) is 17.0. The average molecular weight is 1360 g/mol. The van der Waals surface area contributed by atoms with Crippen LogP contribution in [-0.2, 0) is 40.2 Å². The first-order chi connectivity index (χ1) is 43.3. The molecule has 0 aliphatic carbocycles. The van der Waals surface area contributed by atoms with Crippen LogP contribution in [0.25, 0.3) is 0 Å². The molecule has 0 heterocycles. The maximum atomic E-state index is 10.2. The molecule has 0 spiro atoms. The minimum Gasteiger partial charge on any atom is -0.550 e. The van der Waals surface area contributed by atoms with E-state index in [1.54, 1.807) is 0 Å². The van der Waals surface area contributed by atoms with E-state index in [1.165, 1.54) is 257 Å². The number of carboxylic acid groups (broad SMARTS) is 4. The van der Waals surface area contributed by atoms with E-state index in [0.717, 1.165) is 77.0 Å². The number of aliphatic hydroxyl groups is 4. The monoisotopic (exact) mass is 1360 g/mol. The second-order valence-electron chi connectivity index (χ2n) is 25.0. The standard InChI is InChI=1S/4C18H34O2.C5H12O4.Mo/c4*1-2-3-4-5-6-7-8-9-10-11-12-13-14-15-16-17-18(19)20;6-1-5(2-7,3-8)4-9;/h4*9-10H,2-8,11-17H2,1H3,(H,19,20);6-9H,1-4H2;/q;;;;;+4/p-4/b4*10-9-;;. The van der Waals surface area contributed by atoms with Crippen LogP contribution in [0.5, 0.6) is 0 Å². The number of unbranched alkanes of at least 4 members (excludes halogenated alkanes) is 44. The van der Waals surface area contributed by atoms with Crippen LogP contribution in [-0.4, -0.2) is 70.7 Å². The molecule has 0 rings (SSSR count). The molecule has 0 unspecified atom stereocenters. The fourth-order valence-corrected chi connectivity index (χ4v) is 9.66. The van der Waals surface area contributed by atoms with Gasteiger partial charge in [-0.2, -0.15) is 0 Å². The van der Waals surface area contributed by atoms with Crippen LogP contribution in [0.3, 0.4) is 0 Å². The molecule has 0 aliphatic rings. The van der Waals surface area contributed by atoms with Crippen LogP contribution >= 0.6 is 0 Å². The Morgan fingerprint density at radius 2 is 0.356 bits per heavy atom. The van der Waals surface area contributed by atoms with Crippen molar-refractivity contribution in [3.05, 3.63) is 48.6 Å². The Kier molecular flexibility index (Phi) is 99.1. The Labute approximate surface area is 569 Å². The summed E-state index contributed by atoms with van der Waals surface area (Å²) >= 11 is 0. The summed E-state index contributed by atoms with van der Waals surface area (Å²) in [5.74, 6) is -3.66. The summed E-state index contributed by atoms with van der Waals surface area (Å²) in [5.41, 5.74) is -1.11. The van der Waals surface area contributed by atoms with Crippen LogP contribution in [0.4, 0.5) is 0 Å². The summed E-state index contributed by atoms with van der Waals surface area (Å²) in [4.78, 5) is 40.9. The first-order valence-corrected chi connectivity index (χ1v) is 37.2. The molecular formula is C77H144MoO12. The molecule has 0 amide bonds. The fourth-order valence-electron chi connectivity index (χ4n) is 9.66. The number of carbonyl (C=O) groups is 4. The van der Waals surface area contributed by atoms with Gasteiger partial charge in [-0.25, -0.2) is 0 Å². The van der Waals surface area contributed by atoms with Gasteiger partial charge in [0.15, 0.2) is 0 Å². The van der Waals surface area contributed by atoms with Gasteiger partial charge in [-0.05, 0) is 154 Å². The van der Waals surface area contributed by atoms with Crippen molar-refractivity contribution in [2.24, 2.45) is 5.41 Å². The van der Waals surface area contributed by atoms with Crippen molar-refractivity contribution in [1.29, 1.82) is 0 Å². The third kappa shape index (κ3) is 102. The van der Waals surface area contributed by atoms with Crippen molar-refractivity contribution in [1.82, 2.24) is 0 Å². The van der Waals surface area contributed by atoms with E-state index in [-0.39, 0.29) is 46.7 Å². The first kappa shape index (κ1) is 98.4. The number of carboxylic acids is 4. The number of carbonyl (C=O) groups excluding carboxylic acids is 4. The minimum absolute atomic E-state index is 0. The maximum Gasteiger partial charge on any atom is 4.00 e. The molecule has 0 aliphatic heterocycles. The van der Waals surface area contributed by atoms with E-state index in [1.807, 2.05) is 0 Å². The van der Waals surface area contributed by atoms with E-state index in [0.29, 0.717) is 0 Å². The van der Waals surface area contributed by atoms with Crippen molar-refractivity contribution in [2.75, 3.05) is 26.4 Å². The van der Waals surface area contributed by atoms with Gasteiger partial charge in [0, 0.05) is 23.9 Å². The Morgan fingerprint density at radius 3 is 0.467 bits per heavy atom. The van der Waals surface area contributed by atoms with Crippen molar-refractivity contribution in [2.45, 2.75) is 387 Å². The van der Waals surface area contributed by atoms with Gasteiger partial charge in [0.2, 0.25) is 0 Å². The topological polar surface area (TPSA) is 241 Å². The third-order valence-corrected chi connectivity index (χ3v) is 15.9. The molecule has 0 aromatic carbocycles. The smallest absolute Gasteiger partial charge is 0.550 e. The Morgan fingerprint density at radius 1 is 0.233 bits per heavy atom. The summed E-state index contributed by atoms with van der Waals surface area (Å²) in [6.07, 6.45) is 83.6. The van der Waals surface area contributed by atoms with Gasteiger partial charge in [-0.15, -0.1) is 0 Å². The van der Waals surface area contributed by atoms with Crippen molar-refractivity contribution >= 4 is 23.9 Å². The summed E-state index contributed by atoms with van der Waals surface area (Å²) in [6, 6.07) is 0. The van der Waals surface area contributed by atoms with Crippen molar-refractivity contribution < 1.29 is 81.1 Å². The number of aliphatic hydroxyl groups excluding tert-OH is 4. The Hall–Kier alpha value is -2.63. The number of rotatable bonds is 64. The van der Waals surface area contributed by atoms with E-state index in [9.17, 15) is 39.6 Å². The Bertz CT molecular complexity index is 1300. The van der Waals surface area contributed by atoms with Gasteiger partial charge in [-0.3, -0.25) is 0 Å². The van der Waals surface area contributed by atoms with Gasteiger partial charge in [0.1, 0.15) is 0 Å². The van der Waals surface area contributed by atoms with Crippen LogP contribution < -0.4 is 20.4 Å². The van der Waals surface area contributed by atoms with Crippen molar-refractivity contribution in [3.8, 4) is 0 Å². The summed E-state index contributed by atoms with van der Waals surface area (Å²) in [6.45, 7) is 7.40. The number of aliphatic carboxylic acids is 4. The number of hydrogen-bond acceptors (Lipinski definition) is 12. The number of hydrogen-bond donors (Lipinski definition) is 4. The van der Waals surface area contributed by atoms with Gasteiger partial charge < -0.3 is 60.0 Å². The molecule has 0 saturated heterocycles. The van der Waals surface area contributed by atoms with Gasteiger partial charge in [0.25, 0.3) is 0 Å². The molecular weight excluding hydrogens is 1210 g/mol. The van der Waals surface area contributed by atoms with Crippen LogP contribution in [0.1, 0.15) is 387 Å². The fraction of sp³-hybridized carbons (Fsp3) is 0.844. The molecule has 0 radical (unpaired) electrons. The van der Waals surface area contributed by atoms with Gasteiger partial charge in [-0.1, -0.05) is 282 Å². The second kappa shape index (κ2) is 90.6. The van der Waals surface area contributed by atoms with Crippen LogP contribution in [0.15, 0.2) is 48.6 Å². The van der Waals surface area contributed by atoms with E-state index >= 15 is 0 Å². The first-order valence-electron chi connectivity index (χ1n) is 37.2. The zero-order chi connectivity index (χ0) is 66.9. The summed E-state index contributed by atoms with van der Waals surface area (Å²) < 4.78 is 0.